The van der Waals surface area contributed by atoms with Gasteiger partial charge in [-0.25, -0.2) is 0 Å². The Hall–Kier alpha value is -0.420. The molecule has 2 rings (SSSR count). The molecule has 1 N–H and O–H groups in total. The summed E-state index contributed by atoms with van der Waals surface area (Å²) in [5.41, 5.74) is 1.44. The van der Waals surface area contributed by atoms with Crippen molar-refractivity contribution < 1.29 is 9.47 Å². The van der Waals surface area contributed by atoms with Crippen LogP contribution in [-0.2, 0) is 9.47 Å². The number of hydrogen-bond acceptors (Lipinski definition) is 4. The molecule has 0 unspecified atom stereocenters. The van der Waals surface area contributed by atoms with Crippen molar-refractivity contribution in [2.75, 3.05) is 26.4 Å². The minimum absolute atomic E-state index is 0.333. The van der Waals surface area contributed by atoms with Crippen molar-refractivity contribution in [1.29, 1.82) is 0 Å². The molecule has 1 aromatic rings. The number of nitrogens with one attached hydrogen (secondary N) is 1. The van der Waals surface area contributed by atoms with Crippen LogP contribution in [0.15, 0.2) is 6.07 Å². The zero-order valence-corrected chi connectivity index (χ0v) is 13.0. The Bertz CT molecular complexity index is 385. The van der Waals surface area contributed by atoms with Crippen LogP contribution in [0.1, 0.15) is 41.1 Å². The fraction of sp³-hybridized carbons (Fsp3) is 0.733. The highest BCUT2D eigenvalue weighted by Gasteiger charge is 2.15. The lowest BCUT2D eigenvalue weighted by Crippen LogP contribution is -2.22. The van der Waals surface area contributed by atoms with Gasteiger partial charge in [0.25, 0.3) is 0 Å². The molecule has 1 aliphatic heterocycles. The van der Waals surface area contributed by atoms with Crippen molar-refractivity contribution in [3.63, 3.8) is 0 Å². The van der Waals surface area contributed by atoms with Crippen molar-refractivity contribution in [3.8, 4) is 0 Å². The van der Waals surface area contributed by atoms with Gasteiger partial charge in [-0.2, -0.15) is 0 Å². The molecule has 1 fully saturated rings. The largest absolute Gasteiger partial charge is 0.379 e. The highest BCUT2D eigenvalue weighted by molar-refractivity contribution is 7.12. The number of ether oxygens (including phenoxy) is 2. The molecule has 0 bridgehead atoms. The van der Waals surface area contributed by atoms with E-state index in [2.05, 4.69) is 32.2 Å². The average molecular weight is 283 g/mol. The molecule has 0 radical (unpaired) electrons. The Labute approximate surface area is 120 Å². The van der Waals surface area contributed by atoms with Crippen molar-refractivity contribution in [3.05, 3.63) is 21.4 Å². The number of aryl methyl sites for hydroxylation is 2. The molecule has 2 heterocycles. The van der Waals surface area contributed by atoms with E-state index in [0.29, 0.717) is 12.1 Å². The SMILES string of the molecule is Cc1cc([C@@H](C)NCCCO[C@@H]2CCOC2)c(C)s1. The predicted octanol–water partition coefficient (Wildman–Crippen LogP) is 3.21. The van der Waals surface area contributed by atoms with Gasteiger partial charge >= 0.3 is 0 Å². The first-order valence-corrected chi connectivity index (χ1v) is 7.98. The quantitative estimate of drug-likeness (QED) is 0.779. The Balaban J connectivity index is 1.61. The lowest BCUT2D eigenvalue weighted by molar-refractivity contribution is 0.0414. The zero-order valence-electron chi connectivity index (χ0n) is 12.2. The van der Waals surface area contributed by atoms with Crippen molar-refractivity contribution in [2.24, 2.45) is 0 Å². The molecule has 0 spiro atoms. The summed E-state index contributed by atoms with van der Waals surface area (Å²) in [6.07, 6.45) is 2.44. The summed E-state index contributed by atoms with van der Waals surface area (Å²) < 4.78 is 11.0. The van der Waals surface area contributed by atoms with Crippen LogP contribution in [0.4, 0.5) is 0 Å². The molecule has 0 aromatic carbocycles. The summed E-state index contributed by atoms with van der Waals surface area (Å²) in [5.74, 6) is 0. The molecular weight excluding hydrogens is 258 g/mol. The second-order valence-electron chi connectivity index (χ2n) is 5.25. The first-order chi connectivity index (χ1) is 9.16. The standard InChI is InChI=1S/C15H25NO2S/c1-11-9-15(13(3)19-11)12(2)16-6-4-7-18-14-5-8-17-10-14/h9,12,14,16H,4-8,10H2,1-3H3/t12-,14-/m1/s1. The van der Waals surface area contributed by atoms with Gasteiger partial charge in [-0.15, -0.1) is 11.3 Å². The van der Waals surface area contributed by atoms with E-state index in [-0.39, 0.29) is 0 Å². The molecule has 1 saturated heterocycles. The van der Waals surface area contributed by atoms with E-state index in [0.717, 1.165) is 39.2 Å². The summed E-state index contributed by atoms with van der Waals surface area (Å²) in [7, 11) is 0. The maximum absolute atomic E-state index is 5.76. The highest BCUT2D eigenvalue weighted by atomic mass is 32.1. The molecule has 4 heteroatoms. The van der Waals surface area contributed by atoms with E-state index in [1.54, 1.807) is 0 Å². The average Bonchev–Trinajstić information content (AvgIpc) is 2.98. The topological polar surface area (TPSA) is 30.5 Å². The van der Waals surface area contributed by atoms with Gasteiger partial charge in [0.1, 0.15) is 0 Å². The van der Waals surface area contributed by atoms with E-state index in [9.17, 15) is 0 Å². The summed E-state index contributed by atoms with van der Waals surface area (Å²) in [6, 6.07) is 2.73. The van der Waals surface area contributed by atoms with Gasteiger partial charge in [-0.1, -0.05) is 0 Å². The van der Waals surface area contributed by atoms with Crippen molar-refractivity contribution in [1.82, 2.24) is 5.32 Å². The van der Waals surface area contributed by atoms with Gasteiger partial charge < -0.3 is 14.8 Å². The third-order valence-electron chi connectivity index (χ3n) is 3.56. The van der Waals surface area contributed by atoms with Gasteiger partial charge in [0.15, 0.2) is 0 Å². The number of hydrogen-bond donors (Lipinski definition) is 1. The summed E-state index contributed by atoms with van der Waals surface area (Å²) in [5, 5.41) is 3.57. The first-order valence-electron chi connectivity index (χ1n) is 7.16. The van der Waals surface area contributed by atoms with Crippen LogP contribution in [-0.4, -0.2) is 32.5 Å². The smallest absolute Gasteiger partial charge is 0.0830 e. The maximum atomic E-state index is 5.76. The third kappa shape index (κ3) is 4.56. The van der Waals surface area contributed by atoms with E-state index in [4.69, 9.17) is 9.47 Å². The summed E-state index contributed by atoms with van der Waals surface area (Å²) in [4.78, 5) is 2.82. The lowest BCUT2D eigenvalue weighted by atomic mass is 10.1. The highest BCUT2D eigenvalue weighted by Crippen LogP contribution is 2.25. The minimum atomic E-state index is 0.333. The fourth-order valence-electron chi connectivity index (χ4n) is 2.48. The van der Waals surface area contributed by atoms with Crippen LogP contribution in [0.2, 0.25) is 0 Å². The van der Waals surface area contributed by atoms with Crippen LogP contribution < -0.4 is 5.32 Å². The Morgan fingerprint density at radius 2 is 2.37 bits per heavy atom. The second-order valence-corrected chi connectivity index (χ2v) is 6.71. The monoisotopic (exact) mass is 283 g/mol. The van der Waals surface area contributed by atoms with Gasteiger partial charge in [0.05, 0.1) is 12.7 Å². The fourth-order valence-corrected chi connectivity index (χ4v) is 3.50. The molecule has 0 aliphatic carbocycles. The predicted molar refractivity (Wildman–Crippen MR) is 80.0 cm³/mol. The van der Waals surface area contributed by atoms with Crippen LogP contribution in [0.25, 0.3) is 0 Å². The van der Waals surface area contributed by atoms with Crippen LogP contribution in [0.3, 0.4) is 0 Å². The van der Waals surface area contributed by atoms with Gasteiger partial charge in [-0.3, -0.25) is 0 Å². The van der Waals surface area contributed by atoms with E-state index >= 15 is 0 Å². The van der Waals surface area contributed by atoms with Crippen LogP contribution in [0.5, 0.6) is 0 Å². The van der Waals surface area contributed by atoms with Crippen molar-refractivity contribution >= 4 is 11.3 Å². The molecule has 2 atom stereocenters. The van der Waals surface area contributed by atoms with E-state index in [1.165, 1.54) is 15.3 Å². The summed E-state index contributed by atoms with van der Waals surface area (Å²) in [6.45, 7) is 10.1. The summed E-state index contributed by atoms with van der Waals surface area (Å²) >= 11 is 1.88. The Morgan fingerprint density at radius 3 is 3.00 bits per heavy atom. The Kier molecular flexibility index (Phi) is 5.82. The minimum Gasteiger partial charge on any atom is -0.379 e. The molecule has 3 nitrogen and oxygen atoms in total. The van der Waals surface area contributed by atoms with Gasteiger partial charge in [0.2, 0.25) is 0 Å². The second kappa shape index (κ2) is 7.39. The molecular formula is C15H25NO2S. The van der Waals surface area contributed by atoms with Crippen LogP contribution >= 0.6 is 11.3 Å². The lowest BCUT2D eigenvalue weighted by Gasteiger charge is -2.14. The van der Waals surface area contributed by atoms with Gasteiger partial charge in [0, 0.05) is 29.0 Å². The van der Waals surface area contributed by atoms with E-state index in [1.807, 2.05) is 11.3 Å². The molecule has 19 heavy (non-hydrogen) atoms. The van der Waals surface area contributed by atoms with Gasteiger partial charge in [-0.05, 0) is 51.8 Å². The maximum Gasteiger partial charge on any atom is 0.0830 e. The normalized spacial score (nSPS) is 20.9. The Morgan fingerprint density at radius 1 is 1.53 bits per heavy atom. The first kappa shape index (κ1) is 15.0. The molecule has 0 amide bonds. The van der Waals surface area contributed by atoms with E-state index < -0.39 is 0 Å². The third-order valence-corrected chi connectivity index (χ3v) is 4.54. The number of rotatable bonds is 7. The molecule has 1 aliphatic rings. The van der Waals surface area contributed by atoms with Crippen LogP contribution in [0, 0.1) is 13.8 Å². The van der Waals surface area contributed by atoms with Crippen molar-refractivity contribution in [2.45, 2.75) is 45.8 Å². The molecule has 0 saturated carbocycles. The zero-order chi connectivity index (χ0) is 13.7. The molecule has 108 valence electrons. The number of thiophene rings is 1. The molecule has 1 aromatic heterocycles.